The number of rotatable bonds is 5. The van der Waals surface area contributed by atoms with Gasteiger partial charge in [0.1, 0.15) is 6.10 Å². The number of carbonyl (C=O) groups excluding carboxylic acids is 1. The molecule has 1 N–H and O–H groups in total. The van der Waals surface area contributed by atoms with Gasteiger partial charge in [0, 0.05) is 24.8 Å². The van der Waals surface area contributed by atoms with Crippen LogP contribution in [0.25, 0.3) is 0 Å². The van der Waals surface area contributed by atoms with Crippen molar-refractivity contribution in [2.75, 3.05) is 25.0 Å². The summed E-state index contributed by atoms with van der Waals surface area (Å²) in [4.78, 5) is 17.6. The number of amides is 1. The zero-order valence-electron chi connectivity index (χ0n) is 14.2. The van der Waals surface area contributed by atoms with Crippen molar-refractivity contribution in [1.82, 2.24) is 9.88 Å². The van der Waals surface area contributed by atoms with E-state index in [1.165, 1.54) is 24.3 Å². The molecule has 1 aliphatic rings. The molecule has 0 aliphatic carbocycles. The van der Waals surface area contributed by atoms with E-state index in [2.05, 4.69) is 10.3 Å². The lowest BCUT2D eigenvalue weighted by Gasteiger charge is -2.16. The summed E-state index contributed by atoms with van der Waals surface area (Å²) < 4.78 is 56.3. The standard InChI is InChI=1S/C18H17F4N3O2/c19-15-2-1-3-17(24-15)27-14-8-9-25(10-14)11-16(26)23-13-6-4-12(5-7-13)18(20,21)22/h1-7,14H,8-11H2,(H,23,26). The van der Waals surface area contributed by atoms with Gasteiger partial charge in [-0.05, 0) is 36.8 Å². The van der Waals surface area contributed by atoms with Gasteiger partial charge < -0.3 is 10.1 Å². The average molecular weight is 383 g/mol. The lowest BCUT2D eigenvalue weighted by atomic mass is 10.2. The predicted molar refractivity (Wildman–Crippen MR) is 89.7 cm³/mol. The van der Waals surface area contributed by atoms with Gasteiger partial charge in [-0.3, -0.25) is 9.69 Å². The van der Waals surface area contributed by atoms with Crippen molar-refractivity contribution in [2.45, 2.75) is 18.7 Å². The van der Waals surface area contributed by atoms with Gasteiger partial charge in [-0.2, -0.15) is 22.5 Å². The summed E-state index contributed by atoms with van der Waals surface area (Å²) in [6.07, 6.45) is -3.96. The number of nitrogens with zero attached hydrogens (tertiary/aromatic N) is 2. The predicted octanol–water partition coefficient (Wildman–Crippen LogP) is 3.33. The first-order valence-corrected chi connectivity index (χ1v) is 8.28. The van der Waals surface area contributed by atoms with Crippen LogP contribution in [0.4, 0.5) is 23.2 Å². The monoisotopic (exact) mass is 383 g/mol. The van der Waals surface area contributed by atoms with E-state index in [0.29, 0.717) is 25.2 Å². The summed E-state index contributed by atoms with van der Waals surface area (Å²) in [5, 5.41) is 2.57. The number of pyridine rings is 1. The maximum Gasteiger partial charge on any atom is 0.416 e. The number of carbonyl (C=O) groups is 1. The highest BCUT2D eigenvalue weighted by molar-refractivity contribution is 5.92. The Labute approximate surface area is 153 Å². The van der Waals surface area contributed by atoms with Crippen molar-refractivity contribution in [3.63, 3.8) is 0 Å². The molecule has 2 aromatic rings. The van der Waals surface area contributed by atoms with Crippen molar-refractivity contribution >= 4 is 11.6 Å². The van der Waals surface area contributed by atoms with Crippen LogP contribution in [0, 0.1) is 5.95 Å². The number of nitrogens with one attached hydrogen (secondary N) is 1. The minimum absolute atomic E-state index is 0.0808. The quantitative estimate of drug-likeness (QED) is 0.636. The molecular weight excluding hydrogens is 366 g/mol. The molecule has 2 heterocycles. The van der Waals surface area contributed by atoms with Crippen molar-refractivity contribution in [3.05, 3.63) is 54.0 Å². The molecule has 1 atom stereocenters. The maximum atomic E-state index is 13.1. The summed E-state index contributed by atoms with van der Waals surface area (Å²) >= 11 is 0. The third kappa shape index (κ3) is 5.40. The first kappa shape index (κ1) is 19.1. The highest BCUT2D eigenvalue weighted by Crippen LogP contribution is 2.29. The second-order valence-electron chi connectivity index (χ2n) is 6.19. The summed E-state index contributed by atoms with van der Waals surface area (Å²) in [7, 11) is 0. The fourth-order valence-electron chi connectivity index (χ4n) is 2.81. The minimum Gasteiger partial charge on any atom is -0.473 e. The largest absolute Gasteiger partial charge is 0.473 e. The highest BCUT2D eigenvalue weighted by atomic mass is 19.4. The molecule has 0 radical (unpaired) electrons. The zero-order chi connectivity index (χ0) is 19.4. The number of likely N-dealkylation sites (tertiary alicyclic amines) is 1. The van der Waals surface area contributed by atoms with Crippen LogP contribution in [0.2, 0.25) is 0 Å². The smallest absolute Gasteiger partial charge is 0.416 e. The average Bonchev–Trinajstić information content (AvgIpc) is 3.01. The van der Waals surface area contributed by atoms with Crippen LogP contribution in [-0.2, 0) is 11.0 Å². The number of benzene rings is 1. The normalized spacial score (nSPS) is 17.7. The Kier molecular flexibility index (Phi) is 5.59. The Morgan fingerprint density at radius 2 is 1.96 bits per heavy atom. The van der Waals surface area contributed by atoms with Crippen LogP contribution in [0.15, 0.2) is 42.5 Å². The van der Waals surface area contributed by atoms with Crippen LogP contribution in [-0.4, -0.2) is 41.5 Å². The van der Waals surface area contributed by atoms with Gasteiger partial charge in [-0.25, -0.2) is 0 Å². The maximum absolute atomic E-state index is 13.1. The molecule has 1 amide bonds. The lowest BCUT2D eigenvalue weighted by molar-refractivity contribution is -0.137. The van der Waals surface area contributed by atoms with Gasteiger partial charge in [0.15, 0.2) is 0 Å². The third-order valence-electron chi connectivity index (χ3n) is 4.07. The number of hydrogen-bond donors (Lipinski definition) is 1. The van der Waals surface area contributed by atoms with Gasteiger partial charge in [-0.15, -0.1) is 0 Å². The molecule has 1 fully saturated rings. The Bertz CT molecular complexity index is 796. The number of ether oxygens (including phenoxy) is 1. The van der Waals surface area contributed by atoms with E-state index in [4.69, 9.17) is 4.74 Å². The minimum atomic E-state index is -4.41. The molecule has 0 saturated carbocycles. The molecule has 5 nitrogen and oxygen atoms in total. The van der Waals surface area contributed by atoms with Crippen molar-refractivity contribution in [2.24, 2.45) is 0 Å². The van der Waals surface area contributed by atoms with Gasteiger partial charge in [0.2, 0.25) is 17.7 Å². The molecule has 27 heavy (non-hydrogen) atoms. The molecule has 1 saturated heterocycles. The zero-order valence-corrected chi connectivity index (χ0v) is 14.2. The summed E-state index contributed by atoms with van der Waals surface area (Å²) in [5.41, 5.74) is -0.477. The number of anilines is 1. The van der Waals surface area contributed by atoms with Gasteiger partial charge >= 0.3 is 6.18 Å². The van der Waals surface area contributed by atoms with Gasteiger partial charge in [0.05, 0.1) is 12.1 Å². The Morgan fingerprint density at radius 1 is 1.22 bits per heavy atom. The first-order valence-electron chi connectivity index (χ1n) is 8.28. The summed E-state index contributed by atoms with van der Waals surface area (Å²) in [5.74, 6) is -0.770. The Morgan fingerprint density at radius 3 is 2.63 bits per heavy atom. The van der Waals surface area contributed by atoms with E-state index >= 15 is 0 Å². The fourth-order valence-corrected chi connectivity index (χ4v) is 2.81. The molecule has 0 bridgehead atoms. The molecule has 3 rings (SSSR count). The van der Waals surface area contributed by atoms with Crippen LogP contribution in [0.1, 0.15) is 12.0 Å². The Balaban J connectivity index is 1.47. The first-order chi connectivity index (χ1) is 12.8. The summed E-state index contributed by atoms with van der Waals surface area (Å²) in [6, 6.07) is 8.55. The molecule has 1 unspecified atom stereocenters. The number of aromatic nitrogens is 1. The molecule has 0 spiro atoms. The lowest BCUT2D eigenvalue weighted by Crippen LogP contribution is -2.33. The van der Waals surface area contributed by atoms with E-state index in [-0.39, 0.29) is 24.4 Å². The van der Waals surface area contributed by atoms with E-state index in [1.54, 1.807) is 6.07 Å². The second-order valence-corrected chi connectivity index (χ2v) is 6.19. The van der Waals surface area contributed by atoms with E-state index in [0.717, 1.165) is 12.1 Å². The highest BCUT2D eigenvalue weighted by Gasteiger charge is 2.30. The van der Waals surface area contributed by atoms with E-state index < -0.39 is 17.7 Å². The fraction of sp³-hybridized carbons (Fsp3) is 0.333. The summed E-state index contributed by atoms with van der Waals surface area (Å²) in [6.45, 7) is 1.16. The van der Waals surface area contributed by atoms with E-state index in [9.17, 15) is 22.4 Å². The third-order valence-corrected chi connectivity index (χ3v) is 4.07. The van der Waals surface area contributed by atoms with Crippen molar-refractivity contribution < 1.29 is 27.1 Å². The second kappa shape index (κ2) is 7.91. The number of hydrogen-bond acceptors (Lipinski definition) is 4. The van der Waals surface area contributed by atoms with E-state index in [1.807, 2.05) is 4.90 Å². The van der Waals surface area contributed by atoms with Crippen LogP contribution < -0.4 is 10.1 Å². The van der Waals surface area contributed by atoms with Crippen LogP contribution in [0.5, 0.6) is 5.88 Å². The molecule has 1 aromatic carbocycles. The SMILES string of the molecule is O=C(CN1CCC(Oc2cccc(F)n2)C1)Nc1ccc(C(F)(F)F)cc1. The van der Waals surface area contributed by atoms with Crippen LogP contribution >= 0.6 is 0 Å². The molecular formula is C18H17F4N3O2. The molecule has 1 aromatic heterocycles. The van der Waals surface area contributed by atoms with Gasteiger partial charge in [-0.1, -0.05) is 6.07 Å². The van der Waals surface area contributed by atoms with Crippen LogP contribution in [0.3, 0.4) is 0 Å². The van der Waals surface area contributed by atoms with Gasteiger partial charge in [0.25, 0.3) is 0 Å². The number of halogens is 4. The molecule has 144 valence electrons. The molecule has 1 aliphatic heterocycles. The van der Waals surface area contributed by atoms with Crippen molar-refractivity contribution in [3.8, 4) is 5.88 Å². The number of alkyl halides is 3. The Hall–Kier alpha value is -2.68. The molecule has 9 heteroatoms. The van der Waals surface area contributed by atoms with Crippen molar-refractivity contribution in [1.29, 1.82) is 0 Å². The topological polar surface area (TPSA) is 54.5 Å².